The molecule has 0 saturated heterocycles. The third-order valence-electron chi connectivity index (χ3n) is 1.70. The lowest BCUT2D eigenvalue weighted by atomic mass is 10.1. The first-order chi connectivity index (χ1) is 5.65. The van der Waals surface area contributed by atoms with Gasteiger partial charge < -0.3 is 5.11 Å². The minimum atomic E-state index is -0.393. The van der Waals surface area contributed by atoms with Crippen LogP contribution in [0.5, 0.6) is 0 Å². The summed E-state index contributed by atoms with van der Waals surface area (Å²) in [4.78, 5) is 0. The molecule has 1 aromatic rings. The molecule has 0 heterocycles. The lowest BCUT2D eigenvalue weighted by Crippen LogP contribution is -1.97. The molecule has 1 N–H and O–H groups in total. The van der Waals surface area contributed by atoms with Crippen molar-refractivity contribution in [3.63, 3.8) is 0 Å². The second kappa shape index (κ2) is 4.44. The highest BCUT2D eigenvalue weighted by atomic mass is 127. The van der Waals surface area contributed by atoms with Crippen LogP contribution in [0.25, 0.3) is 0 Å². The van der Waals surface area contributed by atoms with Crippen molar-refractivity contribution in [1.29, 1.82) is 0 Å². The van der Waals surface area contributed by atoms with E-state index >= 15 is 0 Å². The predicted octanol–water partition coefficient (Wildman–Crippen LogP) is 3.39. The van der Waals surface area contributed by atoms with Gasteiger partial charge in [-0.15, -0.1) is 0 Å². The Labute approximate surface area is 90.9 Å². The first-order valence-corrected chi connectivity index (χ1v) is 5.23. The van der Waals surface area contributed by atoms with Gasteiger partial charge in [-0.1, -0.05) is 18.5 Å². The van der Waals surface area contributed by atoms with Crippen LogP contribution in [0, 0.1) is 3.57 Å². The Kier molecular flexibility index (Phi) is 3.80. The first kappa shape index (κ1) is 10.3. The maximum absolute atomic E-state index is 9.57. The highest BCUT2D eigenvalue weighted by molar-refractivity contribution is 14.1. The van der Waals surface area contributed by atoms with Gasteiger partial charge in [0, 0.05) is 8.59 Å². The van der Waals surface area contributed by atoms with E-state index in [-0.39, 0.29) is 0 Å². The van der Waals surface area contributed by atoms with Crippen molar-refractivity contribution in [1.82, 2.24) is 0 Å². The predicted molar refractivity (Wildman–Crippen MR) is 59.4 cm³/mol. The van der Waals surface area contributed by atoms with E-state index in [1.54, 1.807) is 0 Å². The summed E-state index contributed by atoms with van der Waals surface area (Å²) in [5.74, 6) is 0. The quantitative estimate of drug-likeness (QED) is 0.830. The van der Waals surface area contributed by atoms with E-state index in [0.717, 1.165) is 15.6 Å². The van der Waals surface area contributed by atoms with E-state index < -0.39 is 6.10 Å². The third-order valence-corrected chi connectivity index (χ3v) is 2.92. The van der Waals surface area contributed by atoms with Crippen molar-refractivity contribution >= 4 is 34.2 Å². The number of aliphatic hydroxyl groups excluding tert-OH is 1. The fraction of sp³-hybridized carbons (Fsp3) is 0.333. The fourth-order valence-corrected chi connectivity index (χ4v) is 1.87. The average Bonchev–Trinajstić information content (AvgIpc) is 2.08. The Balaban J connectivity index is 3.04. The molecule has 0 aliphatic heterocycles. The normalized spacial score (nSPS) is 13.0. The van der Waals surface area contributed by atoms with Gasteiger partial charge in [0.1, 0.15) is 0 Å². The highest BCUT2D eigenvalue weighted by Gasteiger charge is 2.08. The Morgan fingerprint density at radius 1 is 1.58 bits per heavy atom. The topological polar surface area (TPSA) is 20.2 Å². The van der Waals surface area contributed by atoms with Crippen molar-refractivity contribution in [2.45, 2.75) is 19.4 Å². The molecule has 0 aliphatic carbocycles. The van der Waals surface area contributed by atoms with Crippen LogP contribution in [0.3, 0.4) is 0 Å². The van der Waals surface area contributed by atoms with Gasteiger partial charge >= 0.3 is 0 Å². The summed E-state index contributed by atoms with van der Waals surface area (Å²) in [5, 5.41) is 10.2. The largest absolute Gasteiger partial charge is 0.388 e. The Bertz CT molecular complexity index is 275. The molecule has 1 aromatic carbocycles. The third kappa shape index (κ3) is 2.34. The highest BCUT2D eigenvalue weighted by Crippen LogP contribution is 2.25. The van der Waals surface area contributed by atoms with Gasteiger partial charge in [0.25, 0.3) is 0 Å². The molecular formula is C9H10ClIO. The van der Waals surface area contributed by atoms with Crippen LogP contribution in [0.4, 0.5) is 0 Å². The van der Waals surface area contributed by atoms with Gasteiger partial charge in [-0.2, -0.15) is 0 Å². The maximum atomic E-state index is 9.57. The molecule has 12 heavy (non-hydrogen) atoms. The number of hydrogen-bond donors (Lipinski definition) is 1. The van der Waals surface area contributed by atoms with Crippen LogP contribution >= 0.6 is 34.2 Å². The molecule has 1 nitrogen and oxygen atoms in total. The molecule has 1 unspecified atom stereocenters. The van der Waals surface area contributed by atoms with E-state index in [1.165, 1.54) is 0 Å². The van der Waals surface area contributed by atoms with Crippen LogP contribution < -0.4 is 0 Å². The Hall–Kier alpha value is 0.200. The van der Waals surface area contributed by atoms with Gasteiger partial charge in [0.05, 0.1) is 6.10 Å². The van der Waals surface area contributed by atoms with Gasteiger partial charge in [-0.3, -0.25) is 0 Å². The molecular weight excluding hydrogens is 286 g/mol. The number of benzene rings is 1. The number of rotatable bonds is 2. The monoisotopic (exact) mass is 296 g/mol. The van der Waals surface area contributed by atoms with E-state index in [9.17, 15) is 5.11 Å². The molecule has 1 rings (SSSR count). The molecule has 1 atom stereocenters. The van der Waals surface area contributed by atoms with Crippen LogP contribution in [0.2, 0.25) is 5.02 Å². The molecule has 3 heteroatoms. The van der Waals surface area contributed by atoms with Gasteiger partial charge in [-0.25, -0.2) is 0 Å². The zero-order chi connectivity index (χ0) is 9.14. The number of halogens is 2. The summed E-state index contributed by atoms with van der Waals surface area (Å²) in [7, 11) is 0. The zero-order valence-electron chi connectivity index (χ0n) is 6.72. The molecule has 0 spiro atoms. The summed E-state index contributed by atoms with van der Waals surface area (Å²) in [6, 6.07) is 5.56. The Morgan fingerprint density at radius 2 is 2.25 bits per heavy atom. The lowest BCUT2D eigenvalue weighted by molar-refractivity contribution is 0.173. The average molecular weight is 297 g/mol. The van der Waals surface area contributed by atoms with Crippen molar-refractivity contribution < 1.29 is 5.11 Å². The smallest absolute Gasteiger partial charge is 0.0798 e. The molecule has 0 aromatic heterocycles. The standard InChI is InChI=1S/C9H10ClIO/c1-2-9(12)7-5-6(10)3-4-8(7)11/h3-5,9,12H,2H2,1H3. The van der Waals surface area contributed by atoms with Crippen molar-refractivity contribution in [3.05, 3.63) is 32.4 Å². The van der Waals surface area contributed by atoms with E-state index in [2.05, 4.69) is 22.6 Å². The SMILES string of the molecule is CCC(O)c1cc(Cl)ccc1I. The molecule has 0 radical (unpaired) electrons. The molecule has 0 bridgehead atoms. The minimum absolute atomic E-state index is 0.393. The van der Waals surface area contributed by atoms with E-state index in [4.69, 9.17) is 11.6 Å². The second-order valence-electron chi connectivity index (χ2n) is 2.59. The second-order valence-corrected chi connectivity index (χ2v) is 4.19. The van der Waals surface area contributed by atoms with Gasteiger partial charge in [0.2, 0.25) is 0 Å². The summed E-state index contributed by atoms with van der Waals surface area (Å²) in [5.41, 5.74) is 0.922. The van der Waals surface area contributed by atoms with Crippen molar-refractivity contribution in [2.75, 3.05) is 0 Å². The molecule has 0 aliphatic rings. The van der Waals surface area contributed by atoms with Crippen LogP contribution in [-0.4, -0.2) is 5.11 Å². The van der Waals surface area contributed by atoms with Gasteiger partial charge in [0.15, 0.2) is 0 Å². The minimum Gasteiger partial charge on any atom is -0.388 e. The summed E-state index contributed by atoms with van der Waals surface area (Å²) < 4.78 is 1.06. The summed E-state index contributed by atoms with van der Waals surface area (Å²) >= 11 is 8.00. The van der Waals surface area contributed by atoms with Crippen molar-refractivity contribution in [3.8, 4) is 0 Å². The lowest BCUT2D eigenvalue weighted by Gasteiger charge is -2.10. The first-order valence-electron chi connectivity index (χ1n) is 3.78. The van der Waals surface area contributed by atoms with Gasteiger partial charge in [-0.05, 0) is 52.8 Å². The van der Waals surface area contributed by atoms with E-state index in [0.29, 0.717) is 5.02 Å². The van der Waals surface area contributed by atoms with E-state index in [1.807, 2.05) is 25.1 Å². The zero-order valence-corrected chi connectivity index (χ0v) is 9.63. The molecule has 66 valence electrons. The molecule has 0 amide bonds. The number of hydrogen-bond acceptors (Lipinski definition) is 1. The summed E-state index contributed by atoms with van der Waals surface area (Å²) in [6.45, 7) is 1.95. The fourth-order valence-electron chi connectivity index (χ4n) is 0.990. The number of aliphatic hydroxyl groups is 1. The molecule has 0 fully saturated rings. The molecule has 0 saturated carbocycles. The Morgan fingerprint density at radius 3 is 2.83 bits per heavy atom. The van der Waals surface area contributed by atoms with Crippen molar-refractivity contribution in [2.24, 2.45) is 0 Å². The maximum Gasteiger partial charge on any atom is 0.0798 e. The summed E-state index contributed by atoms with van der Waals surface area (Å²) in [6.07, 6.45) is 0.326. The van der Waals surface area contributed by atoms with Crippen LogP contribution in [0.15, 0.2) is 18.2 Å². The van der Waals surface area contributed by atoms with Crippen LogP contribution in [-0.2, 0) is 0 Å². The van der Waals surface area contributed by atoms with Crippen LogP contribution in [0.1, 0.15) is 25.0 Å².